The van der Waals surface area contributed by atoms with E-state index in [1.54, 1.807) is 19.2 Å². The molecule has 2 aromatic rings. The van der Waals surface area contributed by atoms with Crippen molar-refractivity contribution in [3.8, 4) is 17.2 Å². The third-order valence-electron chi connectivity index (χ3n) is 5.34. The Morgan fingerprint density at radius 1 is 1.00 bits per heavy atom. The second kappa shape index (κ2) is 9.11. The minimum Gasteiger partial charge on any atom is -0.495 e. The molecule has 0 atom stereocenters. The maximum absolute atomic E-state index is 12.6. The number of nitrogens with one attached hydrogen (secondary N) is 1. The number of benzene rings is 2. The molecule has 162 valence electrons. The molecule has 4 rings (SSSR count). The van der Waals surface area contributed by atoms with Gasteiger partial charge >= 0.3 is 0 Å². The third-order valence-corrected chi connectivity index (χ3v) is 6.80. The van der Waals surface area contributed by atoms with E-state index in [2.05, 4.69) is 20.6 Å². The summed E-state index contributed by atoms with van der Waals surface area (Å²) in [6.45, 7) is 5.37. The van der Waals surface area contributed by atoms with E-state index >= 15 is 0 Å². The Morgan fingerprint density at radius 2 is 1.73 bits per heavy atom. The minimum absolute atomic E-state index is 0.188. The molecule has 2 aliphatic rings. The molecule has 2 heterocycles. The zero-order chi connectivity index (χ0) is 21.0. The molecule has 1 saturated heterocycles. The number of rotatable bonds is 7. The Bertz CT molecular complexity index is 974. The lowest BCUT2D eigenvalue weighted by Crippen LogP contribution is -2.48. The zero-order valence-electron chi connectivity index (χ0n) is 17.0. The van der Waals surface area contributed by atoms with Crippen molar-refractivity contribution >= 4 is 15.7 Å². The van der Waals surface area contributed by atoms with Crippen LogP contribution in [0, 0.1) is 0 Å². The fourth-order valence-electron chi connectivity index (χ4n) is 3.72. The van der Waals surface area contributed by atoms with Crippen molar-refractivity contribution in [1.82, 2.24) is 9.62 Å². The van der Waals surface area contributed by atoms with Gasteiger partial charge in [-0.1, -0.05) is 12.1 Å². The highest BCUT2D eigenvalue weighted by molar-refractivity contribution is 7.89. The molecule has 0 radical (unpaired) electrons. The maximum atomic E-state index is 12.6. The Balaban J connectivity index is 1.28. The van der Waals surface area contributed by atoms with Gasteiger partial charge < -0.3 is 19.1 Å². The first kappa shape index (κ1) is 20.8. The third kappa shape index (κ3) is 4.63. The second-order valence-electron chi connectivity index (χ2n) is 7.20. The van der Waals surface area contributed by atoms with E-state index in [0.29, 0.717) is 37.8 Å². The van der Waals surface area contributed by atoms with Crippen LogP contribution < -0.4 is 23.8 Å². The molecule has 1 fully saturated rings. The Hall–Kier alpha value is -2.49. The quantitative estimate of drug-likeness (QED) is 0.710. The molecule has 0 unspecified atom stereocenters. The predicted molar refractivity (Wildman–Crippen MR) is 114 cm³/mol. The summed E-state index contributed by atoms with van der Waals surface area (Å²) in [5.41, 5.74) is 1.10. The number of ether oxygens (including phenoxy) is 3. The molecule has 9 heteroatoms. The van der Waals surface area contributed by atoms with Crippen LogP contribution in [0.1, 0.15) is 0 Å². The van der Waals surface area contributed by atoms with Crippen LogP contribution in [-0.2, 0) is 10.0 Å². The number of sulfonamides is 1. The molecular formula is C21H27N3O5S. The summed E-state index contributed by atoms with van der Waals surface area (Å²) >= 11 is 0. The van der Waals surface area contributed by atoms with Crippen molar-refractivity contribution < 1.29 is 22.6 Å². The van der Waals surface area contributed by atoms with Crippen LogP contribution in [0.5, 0.6) is 17.2 Å². The Labute approximate surface area is 177 Å². The van der Waals surface area contributed by atoms with E-state index in [1.807, 2.05) is 18.2 Å². The van der Waals surface area contributed by atoms with Gasteiger partial charge in [0.15, 0.2) is 11.5 Å². The first-order valence-corrected chi connectivity index (χ1v) is 11.5. The van der Waals surface area contributed by atoms with Gasteiger partial charge in [-0.25, -0.2) is 13.1 Å². The van der Waals surface area contributed by atoms with Crippen LogP contribution in [0.4, 0.5) is 5.69 Å². The number of fused-ring (bicyclic) bond motifs is 1. The summed E-state index contributed by atoms with van der Waals surface area (Å²) in [6, 6.07) is 12.7. The largest absolute Gasteiger partial charge is 0.495 e. The van der Waals surface area contributed by atoms with Crippen molar-refractivity contribution in [1.29, 1.82) is 0 Å². The molecule has 0 amide bonds. The predicted octanol–water partition coefficient (Wildman–Crippen LogP) is 1.57. The fourth-order valence-corrected chi connectivity index (χ4v) is 4.75. The van der Waals surface area contributed by atoms with E-state index in [1.165, 1.54) is 6.07 Å². The maximum Gasteiger partial charge on any atom is 0.240 e. The molecular weight excluding hydrogens is 406 g/mol. The molecule has 0 aromatic heterocycles. The average Bonchev–Trinajstić information content (AvgIpc) is 2.79. The summed E-state index contributed by atoms with van der Waals surface area (Å²) in [5.74, 6) is 1.92. The highest BCUT2D eigenvalue weighted by atomic mass is 32.2. The summed E-state index contributed by atoms with van der Waals surface area (Å²) < 4.78 is 44.3. The monoisotopic (exact) mass is 433 g/mol. The van der Waals surface area contributed by atoms with Crippen molar-refractivity contribution in [2.45, 2.75) is 4.90 Å². The fraction of sp³-hybridized carbons (Fsp3) is 0.429. The zero-order valence-corrected chi connectivity index (χ0v) is 17.9. The van der Waals surface area contributed by atoms with E-state index in [0.717, 1.165) is 37.6 Å². The molecule has 8 nitrogen and oxygen atoms in total. The first-order chi connectivity index (χ1) is 14.6. The smallest absolute Gasteiger partial charge is 0.240 e. The van der Waals surface area contributed by atoms with Crippen LogP contribution in [0.3, 0.4) is 0 Å². The summed E-state index contributed by atoms with van der Waals surface area (Å²) in [5, 5.41) is 0. The molecule has 2 aromatic carbocycles. The van der Waals surface area contributed by atoms with Gasteiger partial charge in [-0.2, -0.15) is 0 Å². The summed E-state index contributed by atoms with van der Waals surface area (Å²) in [4.78, 5) is 4.75. The van der Waals surface area contributed by atoms with Crippen molar-refractivity contribution in [2.75, 3.05) is 64.5 Å². The SMILES string of the molecule is COc1ccccc1N1CCN(CCNS(=O)(=O)c2ccc3c(c2)OCCO3)CC1. The van der Waals surface area contributed by atoms with Gasteiger partial charge in [0, 0.05) is 45.3 Å². The van der Waals surface area contributed by atoms with Crippen LogP contribution in [-0.4, -0.2) is 72.9 Å². The number of para-hydroxylation sites is 2. The molecule has 0 bridgehead atoms. The lowest BCUT2D eigenvalue weighted by atomic mass is 10.2. The number of hydrogen-bond acceptors (Lipinski definition) is 7. The van der Waals surface area contributed by atoms with Crippen LogP contribution in [0.25, 0.3) is 0 Å². The number of piperazine rings is 1. The van der Waals surface area contributed by atoms with Gasteiger partial charge in [0.1, 0.15) is 19.0 Å². The van der Waals surface area contributed by atoms with Crippen molar-refractivity contribution in [2.24, 2.45) is 0 Å². The standard InChI is InChI=1S/C21H27N3O5S/c1-27-19-5-3-2-4-18(19)24-12-10-23(11-13-24)9-8-22-30(25,26)17-6-7-20-21(16-17)29-15-14-28-20/h2-7,16,22H,8-15H2,1H3. The van der Waals surface area contributed by atoms with Crippen molar-refractivity contribution in [3.63, 3.8) is 0 Å². The Kier molecular flexibility index (Phi) is 6.31. The number of nitrogens with zero attached hydrogens (tertiary/aromatic N) is 2. The lowest BCUT2D eigenvalue weighted by Gasteiger charge is -2.36. The van der Waals surface area contributed by atoms with Crippen LogP contribution >= 0.6 is 0 Å². The van der Waals surface area contributed by atoms with Gasteiger partial charge in [0.2, 0.25) is 10.0 Å². The van der Waals surface area contributed by atoms with E-state index in [-0.39, 0.29) is 4.90 Å². The highest BCUT2D eigenvalue weighted by Gasteiger charge is 2.22. The molecule has 0 aliphatic carbocycles. The van der Waals surface area contributed by atoms with Crippen LogP contribution in [0.15, 0.2) is 47.4 Å². The normalized spacial score (nSPS) is 17.0. The number of methoxy groups -OCH3 is 1. The van der Waals surface area contributed by atoms with Crippen LogP contribution in [0.2, 0.25) is 0 Å². The molecule has 0 saturated carbocycles. The van der Waals surface area contributed by atoms with Gasteiger partial charge in [0.25, 0.3) is 0 Å². The summed E-state index contributed by atoms with van der Waals surface area (Å²) in [7, 11) is -1.91. The second-order valence-corrected chi connectivity index (χ2v) is 8.97. The van der Waals surface area contributed by atoms with Gasteiger partial charge in [-0.05, 0) is 24.3 Å². The summed E-state index contributed by atoms with van der Waals surface area (Å²) in [6.07, 6.45) is 0. The number of anilines is 1. The number of hydrogen-bond donors (Lipinski definition) is 1. The van der Waals surface area contributed by atoms with E-state index < -0.39 is 10.0 Å². The molecule has 2 aliphatic heterocycles. The molecule has 1 N–H and O–H groups in total. The average molecular weight is 434 g/mol. The van der Waals surface area contributed by atoms with Crippen molar-refractivity contribution in [3.05, 3.63) is 42.5 Å². The van der Waals surface area contributed by atoms with Gasteiger partial charge in [-0.15, -0.1) is 0 Å². The minimum atomic E-state index is -3.60. The van der Waals surface area contributed by atoms with Gasteiger partial charge in [0.05, 0.1) is 17.7 Å². The molecule has 30 heavy (non-hydrogen) atoms. The topological polar surface area (TPSA) is 80.3 Å². The first-order valence-electron chi connectivity index (χ1n) is 10.1. The van der Waals surface area contributed by atoms with E-state index in [9.17, 15) is 8.42 Å². The molecule has 0 spiro atoms. The highest BCUT2D eigenvalue weighted by Crippen LogP contribution is 2.32. The lowest BCUT2D eigenvalue weighted by molar-refractivity contribution is 0.171. The van der Waals surface area contributed by atoms with Gasteiger partial charge in [-0.3, -0.25) is 4.90 Å². The Morgan fingerprint density at radius 3 is 2.50 bits per heavy atom. The van der Waals surface area contributed by atoms with E-state index in [4.69, 9.17) is 14.2 Å².